The van der Waals surface area contributed by atoms with Crippen LogP contribution < -0.4 is 20.1 Å². The minimum Gasteiger partial charge on any atom is -0.493 e. The van der Waals surface area contributed by atoms with Crippen molar-refractivity contribution in [3.63, 3.8) is 0 Å². The lowest BCUT2D eigenvalue weighted by Crippen LogP contribution is -2.42. The van der Waals surface area contributed by atoms with Crippen LogP contribution in [0.15, 0.2) is 12.1 Å². The zero-order chi connectivity index (χ0) is 21.1. The smallest absolute Gasteiger partial charge is 0.225 e. The third-order valence-electron chi connectivity index (χ3n) is 6.49. The average Bonchev–Trinajstić information content (AvgIpc) is 3.26. The third kappa shape index (κ3) is 4.56. The molecule has 4 rings (SSSR count). The number of benzene rings is 1. The van der Waals surface area contributed by atoms with Gasteiger partial charge in [0.25, 0.3) is 0 Å². The Morgan fingerprint density at radius 2 is 1.53 bits per heavy atom. The summed E-state index contributed by atoms with van der Waals surface area (Å²) < 4.78 is 11.0. The molecule has 0 amide bonds. The van der Waals surface area contributed by atoms with Crippen LogP contribution in [0.3, 0.4) is 0 Å². The molecular weight excluding hydrogens is 378 g/mol. The normalized spacial score (nSPS) is 18.8. The fourth-order valence-corrected chi connectivity index (χ4v) is 4.64. The van der Waals surface area contributed by atoms with Crippen LogP contribution in [0.5, 0.6) is 11.5 Å². The molecule has 2 heterocycles. The van der Waals surface area contributed by atoms with Crippen LogP contribution in [0.4, 0.5) is 11.8 Å². The Bertz CT molecular complexity index is 858. The summed E-state index contributed by atoms with van der Waals surface area (Å²) in [6.07, 6.45) is 7.14. The van der Waals surface area contributed by atoms with Gasteiger partial charge in [-0.05, 0) is 45.6 Å². The fraction of sp³-hybridized carbons (Fsp3) is 0.652. The molecule has 7 nitrogen and oxygen atoms in total. The summed E-state index contributed by atoms with van der Waals surface area (Å²) in [6, 6.07) is 5.40. The standard InChI is InChI=1S/C23H35N5O2/c1-15(2)28-11-9-17(10-12-28)24-22-18-13-20(29-3)21(30-4)14-19(18)26-23(27-22)25-16-7-5-6-8-16/h13-17H,5-12H2,1-4H3,(H2,24,25,26,27). The molecule has 30 heavy (non-hydrogen) atoms. The van der Waals surface area contributed by atoms with Crippen LogP contribution in [-0.2, 0) is 0 Å². The Hall–Kier alpha value is -2.28. The highest BCUT2D eigenvalue weighted by molar-refractivity contribution is 5.92. The van der Waals surface area contributed by atoms with E-state index < -0.39 is 0 Å². The molecule has 7 heteroatoms. The number of nitrogens with one attached hydrogen (secondary N) is 2. The predicted octanol–water partition coefficient (Wildman–Crippen LogP) is 4.29. The van der Waals surface area contributed by atoms with Crippen LogP contribution in [0.2, 0.25) is 0 Å². The highest BCUT2D eigenvalue weighted by atomic mass is 16.5. The molecule has 0 bridgehead atoms. The van der Waals surface area contributed by atoms with E-state index in [0.717, 1.165) is 42.7 Å². The lowest BCUT2D eigenvalue weighted by atomic mass is 10.0. The van der Waals surface area contributed by atoms with E-state index in [-0.39, 0.29) is 0 Å². The van der Waals surface area contributed by atoms with Gasteiger partial charge in [-0.15, -0.1) is 0 Å². The van der Waals surface area contributed by atoms with Gasteiger partial charge in [-0.3, -0.25) is 0 Å². The highest BCUT2D eigenvalue weighted by Gasteiger charge is 2.23. The predicted molar refractivity (Wildman–Crippen MR) is 122 cm³/mol. The second kappa shape index (κ2) is 9.25. The van der Waals surface area contributed by atoms with E-state index in [1.54, 1.807) is 14.2 Å². The first kappa shape index (κ1) is 21.0. The Labute approximate surface area is 179 Å². The van der Waals surface area contributed by atoms with Gasteiger partial charge in [-0.25, -0.2) is 4.98 Å². The van der Waals surface area contributed by atoms with Crippen molar-refractivity contribution in [3.05, 3.63) is 12.1 Å². The van der Waals surface area contributed by atoms with E-state index in [0.29, 0.717) is 35.6 Å². The molecule has 2 aliphatic rings. The SMILES string of the molecule is COc1cc2nc(NC3CCCC3)nc(NC3CCN(C(C)C)CC3)c2cc1OC. The van der Waals surface area contributed by atoms with Gasteiger partial charge in [0.2, 0.25) is 5.95 Å². The van der Waals surface area contributed by atoms with E-state index in [1.165, 1.54) is 25.7 Å². The molecule has 1 aromatic carbocycles. The number of methoxy groups -OCH3 is 2. The quantitative estimate of drug-likeness (QED) is 0.702. The molecule has 1 aliphatic carbocycles. The van der Waals surface area contributed by atoms with Gasteiger partial charge in [0.05, 0.1) is 19.7 Å². The number of likely N-dealkylation sites (tertiary alicyclic amines) is 1. The molecule has 0 spiro atoms. The molecule has 1 aliphatic heterocycles. The van der Waals surface area contributed by atoms with Gasteiger partial charge >= 0.3 is 0 Å². The third-order valence-corrected chi connectivity index (χ3v) is 6.49. The second-order valence-corrected chi connectivity index (χ2v) is 8.79. The van der Waals surface area contributed by atoms with Gasteiger partial charge in [0.15, 0.2) is 11.5 Å². The molecule has 2 fully saturated rings. The summed E-state index contributed by atoms with van der Waals surface area (Å²) in [5.41, 5.74) is 0.866. The minimum absolute atomic E-state index is 0.408. The maximum Gasteiger partial charge on any atom is 0.225 e. The number of hydrogen-bond donors (Lipinski definition) is 2. The summed E-state index contributed by atoms with van der Waals surface area (Å²) in [5.74, 6) is 2.96. The van der Waals surface area contributed by atoms with Crippen LogP contribution in [0, 0.1) is 0 Å². The van der Waals surface area contributed by atoms with E-state index in [4.69, 9.17) is 19.4 Å². The Morgan fingerprint density at radius 1 is 0.900 bits per heavy atom. The topological polar surface area (TPSA) is 71.5 Å². The molecule has 164 valence electrons. The van der Waals surface area contributed by atoms with Crippen molar-refractivity contribution in [1.29, 1.82) is 0 Å². The summed E-state index contributed by atoms with van der Waals surface area (Å²) in [7, 11) is 3.32. The summed E-state index contributed by atoms with van der Waals surface area (Å²) in [4.78, 5) is 12.2. The summed E-state index contributed by atoms with van der Waals surface area (Å²) >= 11 is 0. The van der Waals surface area contributed by atoms with Crippen molar-refractivity contribution in [2.45, 2.75) is 70.5 Å². The van der Waals surface area contributed by atoms with E-state index in [2.05, 4.69) is 29.4 Å². The molecule has 0 radical (unpaired) electrons. The summed E-state index contributed by atoms with van der Waals surface area (Å²) in [6.45, 7) is 6.77. The molecule has 1 saturated heterocycles. The zero-order valence-electron chi connectivity index (χ0n) is 18.7. The molecular formula is C23H35N5O2. The highest BCUT2D eigenvalue weighted by Crippen LogP contribution is 2.35. The first-order valence-electron chi connectivity index (χ1n) is 11.3. The van der Waals surface area contributed by atoms with Crippen LogP contribution >= 0.6 is 0 Å². The van der Waals surface area contributed by atoms with Crippen molar-refractivity contribution in [2.24, 2.45) is 0 Å². The molecule has 0 unspecified atom stereocenters. The number of aromatic nitrogens is 2. The largest absolute Gasteiger partial charge is 0.493 e. The number of fused-ring (bicyclic) bond motifs is 1. The Kier molecular flexibility index (Phi) is 6.46. The van der Waals surface area contributed by atoms with Crippen molar-refractivity contribution < 1.29 is 9.47 Å². The van der Waals surface area contributed by atoms with Gasteiger partial charge in [-0.2, -0.15) is 4.98 Å². The molecule has 2 aromatic rings. The van der Waals surface area contributed by atoms with E-state index in [9.17, 15) is 0 Å². The summed E-state index contributed by atoms with van der Waals surface area (Å²) in [5, 5.41) is 8.25. The van der Waals surface area contributed by atoms with Gasteiger partial charge < -0.3 is 25.0 Å². The van der Waals surface area contributed by atoms with Crippen molar-refractivity contribution >= 4 is 22.7 Å². The number of piperidine rings is 1. The zero-order valence-corrected chi connectivity index (χ0v) is 18.7. The average molecular weight is 414 g/mol. The lowest BCUT2D eigenvalue weighted by Gasteiger charge is -2.35. The minimum atomic E-state index is 0.408. The van der Waals surface area contributed by atoms with Crippen LogP contribution in [0.25, 0.3) is 10.9 Å². The number of nitrogens with zero attached hydrogens (tertiary/aromatic N) is 3. The molecule has 2 N–H and O–H groups in total. The fourth-order valence-electron chi connectivity index (χ4n) is 4.64. The van der Waals surface area contributed by atoms with E-state index in [1.807, 2.05) is 12.1 Å². The first-order valence-corrected chi connectivity index (χ1v) is 11.3. The maximum atomic E-state index is 5.54. The van der Waals surface area contributed by atoms with Gasteiger partial charge in [-0.1, -0.05) is 12.8 Å². The second-order valence-electron chi connectivity index (χ2n) is 8.79. The molecule has 1 saturated carbocycles. The van der Waals surface area contributed by atoms with Crippen LogP contribution in [0.1, 0.15) is 52.4 Å². The van der Waals surface area contributed by atoms with Crippen molar-refractivity contribution in [3.8, 4) is 11.5 Å². The van der Waals surface area contributed by atoms with Crippen LogP contribution in [-0.4, -0.2) is 60.3 Å². The maximum absolute atomic E-state index is 5.54. The number of hydrogen-bond acceptors (Lipinski definition) is 7. The molecule has 1 aromatic heterocycles. The number of ether oxygens (including phenoxy) is 2. The van der Waals surface area contributed by atoms with Gasteiger partial charge in [0.1, 0.15) is 5.82 Å². The van der Waals surface area contributed by atoms with Gasteiger partial charge in [0, 0.05) is 42.7 Å². The number of rotatable bonds is 7. The number of anilines is 2. The first-order chi connectivity index (χ1) is 14.6. The Morgan fingerprint density at radius 3 is 2.17 bits per heavy atom. The van der Waals surface area contributed by atoms with E-state index >= 15 is 0 Å². The Balaban J connectivity index is 1.64. The van der Waals surface area contributed by atoms with Crippen molar-refractivity contribution in [2.75, 3.05) is 37.9 Å². The lowest BCUT2D eigenvalue weighted by molar-refractivity contribution is 0.177. The monoisotopic (exact) mass is 413 g/mol. The molecule has 0 atom stereocenters. The van der Waals surface area contributed by atoms with Crippen molar-refractivity contribution in [1.82, 2.24) is 14.9 Å².